The number of nitrogens with zero attached hydrogens (tertiary/aromatic N) is 3. The van der Waals surface area contributed by atoms with E-state index in [1.54, 1.807) is 19.1 Å². The Kier molecular flexibility index (Phi) is 7.42. The van der Waals surface area contributed by atoms with Crippen LogP contribution in [0.2, 0.25) is 0 Å². The number of benzene rings is 1. The van der Waals surface area contributed by atoms with E-state index in [2.05, 4.69) is 24.0 Å². The minimum atomic E-state index is 0.0711. The molecule has 0 aliphatic carbocycles. The molecule has 2 aliphatic rings. The van der Waals surface area contributed by atoms with E-state index in [1.165, 1.54) is 10.5 Å². The first-order chi connectivity index (χ1) is 14.5. The average Bonchev–Trinajstić information content (AvgIpc) is 3.41. The lowest BCUT2D eigenvalue weighted by Crippen LogP contribution is -2.36. The van der Waals surface area contributed by atoms with Gasteiger partial charge in [0.05, 0.1) is 7.11 Å². The normalized spacial score (nSPS) is 20.3. The molecule has 2 amide bonds. The van der Waals surface area contributed by atoms with Crippen molar-refractivity contribution in [1.29, 1.82) is 0 Å². The van der Waals surface area contributed by atoms with Gasteiger partial charge < -0.3 is 24.0 Å². The number of carbonyl (C=O) groups excluding carboxylic acids is 2. The molecule has 0 saturated carbocycles. The van der Waals surface area contributed by atoms with Crippen LogP contribution in [0.4, 0.5) is 0 Å². The molecule has 8 heteroatoms. The summed E-state index contributed by atoms with van der Waals surface area (Å²) in [5, 5.41) is 0. The fourth-order valence-electron chi connectivity index (χ4n) is 4.28. The average molecular weight is 420 g/mol. The number of amides is 2. The van der Waals surface area contributed by atoms with Crippen molar-refractivity contribution in [3.8, 4) is 17.2 Å². The largest absolute Gasteiger partial charge is 0.493 e. The highest BCUT2D eigenvalue weighted by atomic mass is 16.7. The molecule has 166 valence electrons. The molecule has 0 aromatic heterocycles. The second-order valence-electron chi connectivity index (χ2n) is 8.07. The fourth-order valence-corrected chi connectivity index (χ4v) is 4.28. The Hall–Kier alpha value is -2.48. The van der Waals surface area contributed by atoms with Crippen molar-refractivity contribution >= 4 is 12.3 Å². The minimum Gasteiger partial charge on any atom is -0.493 e. The van der Waals surface area contributed by atoms with Gasteiger partial charge in [-0.25, -0.2) is 0 Å². The van der Waals surface area contributed by atoms with E-state index in [-0.39, 0.29) is 12.7 Å². The summed E-state index contributed by atoms with van der Waals surface area (Å²) < 4.78 is 16.6. The summed E-state index contributed by atoms with van der Waals surface area (Å²) in [7, 11) is 5.18. The van der Waals surface area contributed by atoms with Crippen molar-refractivity contribution in [3.63, 3.8) is 0 Å². The molecule has 3 rings (SSSR count). The molecule has 8 nitrogen and oxygen atoms in total. The number of hydrogen-bond acceptors (Lipinski definition) is 6. The number of likely N-dealkylation sites (tertiary alicyclic amines) is 1. The highest BCUT2D eigenvalue weighted by molar-refractivity contribution is 5.76. The van der Waals surface area contributed by atoms with E-state index >= 15 is 0 Å². The van der Waals surface area contributed by atoms with Gasteiger partial charge in [-0.1, -0.05) is 6.92 Å². The molecule has 0 spiro atoms. The molecule has 2 aliphatic heterocycles. The third-order valence-corrected chi connectivity index (χ3v) is 6.17. The molecule has 1 aromatic carbocycles. The Morgan fingerprint density at radius 1 is 1.30 bits per heavy atom. The van der Waals surface area contributed by atoms with Crippen molar-refractivity contribution in [3.05, 3.63) is 17.7 Å². The van der Waals surface area contributed by atoms with Crippen molar-refractivity contribution in [2.45, 2.75) is 38.1 Å². The summed E-state index contributed by atoms with van der Waals surface area (Å²) in [5.41, 5.74) is 1.21. The Bertz CT molecular complexity index is 757. The summed E-state index contributed by atoms with van der Waals surface area (Å²) in [5.74, 6) is 2.62. The molecule has 0 N–H and O–H groups in total. The van der Waals surface area contributed by atoms with Gasteiger partial charge >= 0.3 is 0 Å². The number of hydrogen-bond donors (Lipinski definition) is 0. The number of fused-ring (bicyclic) bond motifs is 1. The quantitative estimate of drug-likeness (QED) is 0.540. The molecule has 2 heterocycles. The molecule has 0 bridgehead atoms. The van der Waals surface area contributed by atoms with Gasteiger partial charge in [0.25, 0.3) is 0 Å². The first kappa shape index (κ1) is 22.2. The van der Waals surface area contributed by atoms with Gasteiger partial charge in [-0.05, 0) is 43.0 Å². The number of methoxy groups -OCH3 is 1. The zero-order valence-electron chi connectivity index (χ0n) is 18.4. The van der Waals surface area contributed by atoms with Crippen LogP contribution in [-0.2, 0) is 9.59 Å². The van der Waals surface area contributed by atoms with Crippen molar-refractivity contribution in [1.82, 2.24) is 14.7 Å². The van der Waals surface area contributed by atoms with Gasteiger partial charge in [0.15, 0.2) is 11.5 Å². The first-order valence-electron chi connectivity index (χ1n) is 10.6. The third kappa shape index (κ3) is 4.98. The summed E-state index contributed by atoms with van der Waals surface area (Å²) >= 11 is 0. The van der Waals surface area contributed by atoms with Gasteiger partial charge in [-0.2, -0.15) is 0 Å². The van der Waals surface area contributed by atoms with Crippen LogP contribution in [0.15, 0.2) is 12.1 Å². The summed E-state index contributed by atoms with van der Waals surface area (Å²) in [6.45, 7) is 5.52. The number of rotatable bonds is 10. The Labute approximate surface area is 178 Å². The van der Waals surface area contributed by atoms with Crippen LogP contribution in [0.5, 0.6) is 17.2 Å². The van der Waals surface area contributed by atoms with E-state index in [4.69, 9.17) is 14.2 Å². The maximum absolute atomic E-state index is 12.3. The van der Waals surface area contributed by atoms with Crippen LogP contribution in [0.3, 0.4) is 0 Å². The molecule has 1 fully saturated rings. The van der Waals surface area contributed by atoms with Crippen LogP contribution in [0.25, 0.3) is 0 Å². The Morgan fingerprint density at radius 2 is 2.10 bits per heavy atom. The van der Waals surface area contributed by atoms with E-state index in [1.807, 2.05) is 7.05 Å². The van der Waals surface area contributed by atoms with E-state index < -0.39 is 0 Å². The maximum Gasteiger partial charge on any atom is 0.231 e. The zero-order valence-corrected chi connectivity index (χ0v) is 18.4. The molecule has 30 heavy (non-hydrogen) atoms. The lowest BCUT2D eigenvalue weighted by molar-refractivity contribution is -0.130. The Morgan fingerprint density at radius 3 is 2.80 bits per heavy atom. The maximum atomic E-state index is 12.3. The third-order valence-electron chi connectivity index (χ3n) is 6.17. The van der Waals surface area contributed by atoms with Crippen molar-refractivity contribution in [2.75, 3.05) is 54.2 Å². The van der Waals surface area contributed by atoms with E-state index in [0.29, 0.717) is 37.2 Å². The van der Waals surface area contributed by atoms with Gasteiger partial charge in [-0.3, -0.25) is 14.5 Å². The van der Waals surface area contributed by atoms with Crippen LogP contribution < -0.4 is 14.2 Å². The predicted molar refractivity (Wildman–Crippen MR) is 113 cm³/mol. The topological polar surface area (TPSA) is 71.6 Å². The smallest absolute Gasteiger partial charge is 0.231 e. The number of carbonyl (C=O) groups is 2. The second-order valence-corrected chi connectivity index (χ2v) is 8.07. The molecule has 1 saturated heterocycles. The van der Waals surface area contributed by atoms with Gasteiger partial charge in [0.2, 0.25) is 24.9 Å². The highest BCUT2D eigenvalue weighted by Gasteiger charge is 2.33. The molecular weight excluding hydrogens is 386 g/mol. The molecule has 2 atom stereocenters. The van der Waals surface area contributed by atoms with Gasteiger partial charge in [-0.15, -0.1) is 0 Å². The Balaban J connectivity index is 1.59. The van der Waals surface area contributed by atoms with Crippen LogP contribution in [0.1, 0.15) is 37.7 Å². The first-order valence-corrected chi connectivity index (χ1v) is 10.6. The monoisotopic (exact) mass is 419 g/mol. The van der Waals surface area contributed by atoms with E-state index in [0.717, 1.165) is 43.8 Å². The highest BCUT2D eigenvalue weighted by Crippen LogP contribution is 2.45. The van der Waals surface area contributed by atoms with Crippen molar-refractivity contribution in [2.24, 2.45) is 0 Å². The van der Waals surface area contributed by atoms with Crippen LogP contribution >= 0.6 is 0 Å². The molecule has 0 radical (unpaired) electrons. The molecule has 2 unspecified atom stereocenters. The summed E-state index contributed by atoms with van der Waals surface area (Å²) in [6.07, 6.45) is 3.06. The zero-order chi connectivity index (χ0) is 21.7. The number of likely N-dealkylation sites (N-methyl/N-ethyl adjacent to an activating group) is 1. The summed E-state index contributed by atoms with van der Waals surface area (Å²) in [6, 6.07) is 4.56. The summed E-state index contributed by atoms with van der Waals surface area (Å²) in [4.78, 5) is 28.8. The fraction of sp³-hybridized carbons (Fsp3) is 0.636. The SMILES string of the molecule is CCN1CC(c2cc(OC)c3c(c2)OCO3)CC1CCN(C)C(=O)CCN(C)C=O. The second kappa shape index (κ2) is 10.0. The predicted octanol–water partition coefficient (Wildman–Crippen LogP) is 1.93. The van der Waals surface area contributed by atoms with Gasteiger partial charge in [0.1, 0.15) is 0 Å². The lowest BCUT2D eigenvalue weighted by Gasteiger charge is -2.25. The van der Waals surface area contributed by atoms with E-state index in [9.17, 15) is 9.59 Å². The molecular formula is C22H33N3O5. The minimum absolute atomic E-state index is 0.0711. The van der Waals surface area contributed by atoms with Gasteiger partial charge in [0, 0.05) is 46.2 Å². The van der Waals surface area contributed by atoms with Crippen molar-refractivity contribution < 1.29 is 23.8 Å². The molecule has 1 aromatic rings. The van der Waals surface area contributed by atoms with Crippen LogP contribution in [-0.4, -0.2) is 87.2 Å². The van der Waals surface area contributed by atoms with Crippen LogP contribution in [0, 0.1) is 0 Å². The standard InChI is InChI=1S/C22H33N3O5/c1-5-25-13-17(16-11-19(28-4)22-20(12-16)29-15-30-22)10-18(25)6-9-24(3)21(27)7-8-23(2)14-26/h11-12,14,17-18H,5-10,13,15H2,1-4H3. The number of ether oxygens (including phenoxy) is 3. The lowest BCUT2D eigenvalue weighted by atomic mass is 9.94.